The van der Waals surface area contributed by atoms with Crippen LogP contribution in [0.1, 0.15) is 30.2 Å². The van der Waals surface area contributed by atoms with Crippen LogP contribution in [-0.4, -0.2) is 21.4 Å². The van der Waals surface area contributed by atoms with Crippen molar-refractivity contribution in [2.75, 3.05) is 6.54 Å². The van der Waals surface area contributed by atoms with E-state index in [9.17, 15) is 5.11 Å². The molecule has 2 rings (SSSR count). The fourth-order valence-electron chi connectivity index (χ4n) is 2.24. The summed E-state index contributed by atoms with van der Waals surface area (Å²) in [5.74, 6) is 1.39. The van der Waals surface area contributed by atoms with Gasteiger partial charge in [0.15, 0.2) is 0 Å². The summed E-state index contributed by atoms with van der Waals surface area (Å²) in [5.41, 5.74) is 2.78. The lowest BCUT2D eigenvalue weighted by molar-refractivity contribution is 0.275. The summed E-state index contributed by atoms with van der Waals surface area (Å²) in [4.78, 5) is 0. The fraction of sp³-hybridized carbons (Fsp3) is 0.438. The molecule has 0 saturated heterocycles. The van der Waals surface area contributed by atoms with Gasteiger partial charge in [-0.1, -0.05) is 25.1 Å². The third kappa shape index (κ3) is 3.62. The molecule has 0 unspecified atom stereocenters. The first-order chi connectivity index (χ1) is 10.2. The first kappa shape index (κ1) is 15.5. The van der Waals surface area contributed by atoms with Gasteiger partial charge >= 0.3 is 0 Å². The molecule has 0 fully saturated rings. The predicted molar refractivity (Wildman–Crippen MR) is 82.4 cm³/mol. The highest BCUT2D eigenvalue weighted by Crippen LogP contribution is 2.29. The van der Waals surface area contributed by atoms with Gasteiger partial charge in [-0.2, -0.15) is 5.10 Å². The van der Waals surface area contributed by atoms with Gasteiger partial charge in [0.2, 0.25) is 5.88 Å². The van der Waals surface area contributed by atoms with E-state index < -0.39 is 0 Å². The second-order valence-electron chi connectivity index (χ2n) is 5.04. The molecule has 0 bridgehead atoms. The Morgan fingerprint density at radius 1 is 1.33 bits per heavy atom. The molecule has 1 aromatic heterocycles. The quantitative estimate of drug-likeness (QED) is 0.769. The summed E-state index contributed by atoms with van der Waals surface area (Å²) < 4.78 is 7.76. The van der Waals surface area contributed by atoms with E-state index in [0.29, 0.717) is 5.75 Å². The van der Waals surface area contributed by atoms with Crippen LogP contribution in [0.4, 0.5) is 0 Å². The van der Waals surface area contributed by atoms with Crippen molar-refractivity contribution in [3.63, 3.8) is 0 Å². The van der Waals surface area contributed by atoms with Gasteiger partial charge in [0.05, 0.1) is 17.9 Å². The number of hydrogen-bond acceptors (Lipinski definition) is 4. The molecule has 1 heterocycles. The predicted octanol–water partition coefficient (Wildman–Crippen LogP) is 2.51. The van der Waals surface area contributed by atoms with E-state index in [-0.39, 0.29) is 6.61 Å². The maximum Gasteiger partial charge on any atom is 0.222 e. The Labute approximate surface area is 125 Å². The molecule has 0 aliphatic rings. The molecule has 1 aromatic carbocycles. The van der Waals surface area contributed by atoms with Gasteiger partial charge in [-0.25, -0.2) is 4.68 Å². The zero-order valence-electron chi connectivity index (χ0n) is 12.9. The SMILES string of the molecule is CCCNCc1c(C)nn(C)c1Oc1ccccc1CO. The van der Waals surface area contributed by atoms with Crippen LogP contribution in [0.3, 0.4) is 0 Å². The van der Waals surface area contributed by atoms with Crippen LogP contribution in [0.25, 0.3) is 0 Å². The Morgan fingerprint density at radius 2 is 2.10 bits per heavy atom. The smallest absolute Gasteiger partial charge is 0.222 e. The molecular formula is C16H23N3O2. The van der Waals surface area contributed by atoms with Crippen LogP contribution < -0.4 is 10.1 Å². The van der Waals surface area contributed by atoms with Crippen molar-refractivity contribution in [1.82, 2.24) is 15.1 Å². The van der Waals surface area contributed by atoms with E-state index in [1.165, 1.54) is 0 Å². The third-order valence-electron chi connectivity index (χ3n) is 3.37. The highest BCUT2D eigenvalue weighted by molar-refractivity contribution is 5.39. The van der Waals surface area contributed by atoms with Crippen molar-refractivity contribution in [2.24, 2.45) is 7.05 Å². The molecule has 5 nitrogen and oxygen atoms in total. The molecule has 5 heteroatoms. The molecule has 21 heavy (non-hydrogen) atoms. The Hall–Kier alpha value is -1.85. The number of benzene rings is 1. The van der Waals surface area contributed by atoms with E-state index in [2.05, 4.69) is 17.3 Å². The Balaban J connectivity index is 2.26. The molecule has 0 spiro atoms. The van der Waals surface area contributed by atoms with Crippen molar-refractivity contribution in [1.29, 1.82) is 0 Å². The Morgan fingerprint density at radius 3 is 2.81 bits per heavy atom. The second-order valence-corrected chi connectivity index (χ2v) is 5.04. The number of aliphatic hydroxyl groups is 1. The summed E-state index contributed by atoms with van der Waals surface area (Å²) in [6.07, 6.45) is 1.09. The minimum absolute atomic E-state index is 0.0452. The van der Waals surface area contributed by atoms with Crippen LogP contribution in [0.5, 0.6) is 11.6 Å². The summed E-state index contributed by atoms with van der Waals surface area (Å²) in [7, 11) is 1.87. The van der Waals surface area contributed by atoms with E-state index >= 15 is 0 Å². The standard InChI is InChI=1S/C16H23N3O2/c1-4-9-17-10-14-12(2)18-19(3)16(14)21-15-8-6-5-7-13(15)11-20/h5-8,17,20H,4,9-11H2,1-3H3. The molecule has 114 valence electrons. The molecule has 0 aliphatic heterocycles. The Bertz CT molecular complexity index is 593. The van der Waals surface area contributed by atoms with Gasteiger partial charge in [-0.3, -0.25) is 0 Å². The fourth-order valence-corrected chi connectivity index (χ4v) is 2.24. The van der Waals surface area contributed by atoms with E-state index in [4.69, 9.17) is 4.74 Å². The molecule has 2 aromatic rings. The Kier molecular flexibility index (Phi) is 5.36. The number of hydrogen-bond donors (Lipinski definition) is 2. The maximum absolute atomic E-state index is 9.40. The minimum atomic E-state index is -0.0452. The summed E-state index contributed by atoms with van der Waals surface area (Å²) in [6, 6.07) is 7.49. The first-order valence-electron chi connectivity index (χ1n) is 7.27. The van der Waals surface area contributed by atoms with Crippen LogP contribution in [0.2, 0.25) is 0 Å². The molecule has 0 aliphatic carbocycles. The monoisotopic (exact) mass is 289 g/mol. The van der Waals surface area contributed by atoms with E-state index in [0.717, 1.165) is 42.2 Å². The van der Waals surface area contributed by atoms with Crippen molar-refractivity contribution in [2.45, 2.75) is 33.4 Å². The number of nitrogens with zero attached hydrogens (tertiary/aromatic N) is 2. The number of rotatable bonds is 7. The average molecular weight is 289 g/mol. The molecule has 0 saturated carbocycles. The van der Waals surface area contributed by atoms with Crippen LogP contribution in [0.15, 0.2) is 24.3 Å². The third-order valence-corrected chi connectivity index (χ3v) is 3.37. The summed E-state index contributed by atoms with van der Waals surface area (Å²) in [5, 5.41) is 17.2. The van der Waals surface area contributed by atoms with Crippen molar-refractivity contribution >= 4 is 0 Å². The molecule has 0 atom stereocenters. The van der Waals surface area contributed by atoms with E-state index in [1.54, 1.807) is 4.68 Å². The topological polar surface area (TPSA) is 59.3 Å². The minimum Gasteiger partial charge on any atom is -0.439 e. The molecular weight excluding hydrogens is 266 g/mol. The first-order valence-corrected chi connectivity index (χ1v) is 7.27. The van der Waals surface area contributed by atoms with Crippen molar-refractivity contribution in [3.05, 3.63) is 41.1 Å². The zero-order chi connectivity index (χ0) is 15.2. The molecule has 0 radical (unpaired) electrons. The van der Waals surface area contributed by atoms with Gasteiger partial charge in [0.25, 0.3) is 0 Å². The highest BCUT2D eigenvalue weighted by atomic mass is 16.5. The number of aliphatic hydroxyl groups excluding tert-OH is 1. The molecule has 0 amide bonds. The van der Waals surface area contributed by atoms with Gasteiger partial charge in [0.1, 0.15) is 5.75 Å². The second kappa shape index (κ2) is 7.24. The maximum atomic E-state index is 9.40. The van der Waals surface area contributed by atoms with Gasteiger partial charge < -0.3 is 15.2 Å². The highest BCUT2D eigenvalue weighted by Gasteiger charge is 2.16. The van der Waals surface area contributed by atoms with Crippen LogP contribution in [-0.2, 0) is 20.2 Å². The summed E-state index contributed by atoms with van der Waals surface area (Å²) >= 11 is 0. The van der Waals surface area contributed by atoms with Gasteiger partial charge in [-0.05, 0) is 26.0 Å². The lowest BCUT2D eigenvalue weighted by atomic mass is 10.2. The number of aromatic nitrogens is 2. The normalized spacial score (nSPS) is 10.9. The van der Waals surface area contributed by atoms with Gasteiger partial charge in [-0.15, -0.1) is 0 Å². The van der Waals surface area contributed by atoms with E-state index in [1.807, 2.05) is 38.2 Å². The number of aryl methyl sites for hydroxylation is 2. The molecule has 2 N–H and O–H groups in total. The van der Waals surface area contributed by atoms with Crippen molar-refractivity contribution < 1.29 is 9.84 Å². The van der Waals surface area contributed by atoms with Gasteiger partial charge in [0, 0.05) is 19.2 Å². The van der Waals surface area contributed by atoms with Crippen LogP contribution in [0, 0.1) is 6.92 Å². The average Bonchev–Trinajstić information content (AvgIpc) is 2.75. The van der Waals surface area contributed by atoms with Crippen molar-refractivity contribution in [3.8, 4) is 11.6 Å². The van der Waals surface area contributed by atoms with Crippen LogP contribution >= 0.6 is 0 Å². The summed E-state index contributed by atoms with van der Waals surface area (Å²) in [6.45, 7) is 5.76. The lowest BCUT2D eigenvalue weighted by Gasteiger charge is -2.12. The largest absolute Gasteiger partial charge is 0.439 e. The number of nitrogens with one attached hydrogen (secondary N) is 1. The number of ether oxygens (including phenoxy) is 1. The lowest BCUT2D eigenvalue weighted by Crippen LogP contribution is -2.14. The zero-order valence-corrected chi connectivity index (χ0v) is 12.9. The number of para-hydroxylation sites is 1.